The molecule has 0 aromatic heterocycles. The van der Waals surface area contributed by atoms with Crippen LogP contribution >= 0.6 is 0 Å². The first kappa shape index (κ1) is 16.2. The summed E-state index contributed by atoms with van der Waals surface area (Å²) >= 11 is 0. The van der Waals surface area contributed by atoms with Gasteiger partial charge in [0.05, 0.1) is 11.8 Å². The van der Waals surface area contributed by atoms with Gasteiger partial charge in [0.15, 0.2) is 0 Å². The van der Waals surface area contributed by atoms with Crippen molar-refractivity contribution in [3.8, 4) is 0 Å². The van der Waals surface area contributed by atoms with Crippen molar-refractivity contribution < 1.29 is 19.8 Å². The molecule has 4 nitrogen and oxygen atoms in total. The molecule has 0 spiro atoms. The van der Waals surface area contributed by atoms with Crippen LogP contribution < -0.4 is 0 Å². The molecule has 24 heavy (non-hydrogen) atoms. The first-order chi connectivity index (χ1) is 11.6. The summed E-state index contributed by atoms with van der Waals surface area (Å²) in [6.45, 7) is 0. The Balaban J connectivity index is 2.01. The third kappa shape index (κ3) is 3.04. The van der Waals surface area contributed by atoms with E-state index in [1.165, 1.54) is 0 Å². The third-order valence-electron chi connectivity index (χ3n) is 5.07. The highest BCUT2D eigenvalue weighted by atomic mass is 16.4. The molecule has 0 aliphatic heterocycles. The van der Waals surface area contributed by atoms with Gasteiger partial charge in [-0.05, 0) is 35.8 Å². The molecule has 0 radical (unpaired) electrons. The van der Waals surface area contributed by atoms with E-state index in [4.69, 9.17) is 0 Å². The molecule has 4 atom stereocenters. The van der Waals surface area contributed by atoms with Crippen molar-refractivity contribution in [1.29, 1.82) is 0 Å². The van der Waals surface area contributed by atoms with E-state index in [9.17, 15) is 19.8 Å². The number of hydrogen-bond donors (Lipinski definition) is 2. The van der Waals surface area contributed by atoms with E-state index >= 15 is 0 Å². The Labute approximate surface area is 140 Å². The van der Waals surface area contributed by atoms with Crippen molar-refractivity contribution >= 4 is 11.9 Å². The van der Waals surface area contributed by atoms with Gasteiger partial charge in [-0.1, -0.05) is 60.7 Å². The van der Waals surface area contributed by atoms with E-state index in [1.807, 2.05) is 60.7 Å². The molecule has 1 fully saturated rings. The summed E-state index contributed by atoms with van der Waals surface area (Å²) in [5.41, 5.74) is 1.81. The molecule has 0 amide bonds. The summed E-state index contributed by atoms with van der Waals surface area (Å²) < 4.78 is 0. The zero-order valence-electron chi connectivity index (χ0n) is 13.2. The standard InChI is InChI=1S/C20H20O4/c21-19(22)17-15(13-7-3-1-4-8-13)11-12-16(18(17)20(23)24)14-9-5-2-6-10-14/h1-10,15-18H,11-12H2,(H,21,22)(H,23,24). The highest BCUT2D eigenvalue weighted by Gasteiger charge is 2.48. The Hall–Kier alpha value is -2.62. The second kappa shape index (κ2) is 6.87. The van der Waals surface area contributed by atoms with E-state index in [2.05, 4.69) is 0 Å². The van der Waals surface area contributed by atoms with Crippen molar-refractivity contribution in [2.75, 3.05) is 0 Å². The molecular weight excluding hydrogens is 304 g/mol. The predicted octanol–water partition coefficient (Wildman–Crippen LogP) is 3.75. The van der Waals surface area contributed by atoms with E-state index in [0.29, 0.717) is 12.8 Å². The predicted molar refractivity (Wildman–Crippen MR) is 89.9 cm³/mol. The Morgan fingerprint density at radius 1 is 0.667 bits per heavy atom. The fraction of sp³-hybridized carbons (Fsp3) is 0.300. The van der Waals surface area contributed by atoms with Gasteiger partial charge < -0.3 is 10.2 Å². The van der Waals surface area contributed by atoms with Gasteiger partial charge in [0.2, 0.25) is 0 Å². The van der Waals surface area contributed by atoms with Gasteiger partial charge in [-0.2, -0.15) is 0 Å². The Morgan fingerprint density at radius 2 is 1.00 bits per heavy atom. The minimum absolute atomic E-state index is 0.273. The van der Waals surface area contributed by atoms with Crippen LogP contribution in [0.4, 0.5) is 0 Å². The van der Waals surface area contributed by atoms with Crippen LogP contribution in [0.25, 0.3) is 0 Å². The molecule has 1 aliphatic rings. The van der Waals surface area contributed by atoms with Crippen LogP contribution in [0.15, 0.2) is 60.7 Å². The van der Waals surface area contributed by atoms with E-state index < -0.39 is 23.8 Å². The zero-order valence-corrected chi connectivity index (χ0v) is 13.2. The first-order valence-corrected chi connectivity index (χ1v) is 8.15. The molecule has 2 aromatic rings. The van der Waals surface area contributed by atoms with Crippen molar-refractivity contribution in [3.63, 3.8) is 0 Å². The zero-order chi connectivity index (χ0) is 17.1. The lowest BCUT2D eigenvalue weighted by molar-refractivity contribution is -0.157. The van der Waals surface area contributed by atoms with E-state index in [0.717, 1.165) is 11.1 Å². The molecule has 2 aromatic carbocycles. The minimum atomic E-state index is -1.03. The smallest absolute Gasteiger partial charge is 0.308 e. The molecule has 124 valence electrons. The molecular formula is C20H20O4. The lowest BCUT2D eigenvalue weighted by Crippen LogP contribution is -2.41. The topological polar surface area (TPSA) is 74.6 Å². The Kier molecular flexibility index (Phi) is 4.65. The molecule has 1 aliphatic carbocycles. The quantitative estimate of drug-likeness (QED) is 0.898. The second-order valence-corrected chi connectivity index (χ2v) is 6.34. The average Bonchev–Trinajstić information content (AvgIpc) is 2.61. The number of carbonyl (C=O) groups is 2. The fourth-order valence-corrected chi connectivity index (χ4v) is 4.02. The molecule has 2 N–H and O–H groups in total. The second-order valence-electron chi connectivity index (χ2n) is 6.34. The van der Waals surface area contributed by atoms with Crippen LogP contribution in [0.2, 0.25) is 0 Å². The average molecular weight is 324 g/mol. The SMILES string of the molecule is O=C(O)C1C(c2ccccc2)CCC(c2ccccc2)C1C(=O)O. The van der Waals surface area contributed by atoms with E-state index in [1.54, 1.807) is 0 Å². The molecule has 0 saturated heterocycles. The van der Waals surface area contributed by atoms with Crippen molar-refractivity contribution in [2.24, 2.45) is 11.8 Å². The van der Waals surface area contributed by atoms with Gasteiger partial charge in [-0.15, -0.1) is 0 Å². The maximum Gasteiger partial charge on any atom is 0.308 e. The Bertz CT molecular complexity index is 647. The monoisotopic (exact) mass is 324 g/mol. The molecule has 3 rings (SSSR count). The number of carboxylic acids is 2. The maximum absolute atomic E-state index is 12.0. The van der Waals surface area contributed by atoms with Crippen molar-refractivity contribution in [1.82, 2.24) is 0 Å². The normalized spacial score (nSPS) is 26.7. The number of benzene rings is 2. The minimum Gasteiger partial charge on any atom is -0.481 e. The van der Waals surface area contributed by atoms with Crippen LogP contribution in [-0.2, 0) is 9.59 Å². The molecule has 1 saturated carbocycles. The summed E-state index contributed by atoms with van der Waals surface area (Å²) in [6, 6.07) is 18.8. The highest BCUT2D eigenvalue weighted by Crippen LogP contribution is 2.48. The third-order valence-corrected chi connectivity index (χ3v) is 5.07. The summed E-state index contributed by atoms with van der Waals surface area (Å²) in [5.74, 6) is -4.46. The number of hydrogen-bond acceptors (Lipinski definition) is 2. The van der Waals surface area contributed by atoms with Gasteiger partial charge in [0.1, 0.15) is 0 Å². The van der Waals surface area contributed by atoms with E-state index in [-0.39, 0.29) is 11.8 Å². The molecule has 0 heterocycles. The van der Waals surface area contributed by atoms with Crippen LogP contribution in [0.3, 0.4) is 0 Å². The van der Waals surface area contributed by atoms with Gasteiger partial charge in [-0.25, -0.2) is 0 Å². The van der Waals surface area contributed by atoms with Gasteiger partial charge in [-0.3, -0.25) is 9.59 Å². The largest absolute Gasteiger partial charge is 0.481 e. The van der Waals surface area contributed by atoms with Gasteiger partial charge >= 0.3 is 11.9 Å². The fourth-order valence-electron chi connectivity index (χ4n) is 4.02. The van der Waals surface area contributed by atoms with Crippen molar-refractivity contribution in [2.45, 2.75) is 24.7 Å². The maximum atomic E-state index is 12.0. The lowest BCUT2D eigenvalue weighted by atomic mass is 9.63. The lowest BCUT2D eigenvalue weighted by Gasteiger charge is -2.39. The number of carboxylic acid groups (broad SMARTS) is 2. The van der Waals surface area contributed by atoms with Gasteiger partial charge in [0, 0.05) is 0 Å². The summed E-state index contributed by atoms with van der Waals surface area (Å²) in [6.07, 6.45) is 1.34. The molecule has 0 bridgehead atoms. The van der Waals surface area contributed by atoms with Gasteiger partial charge in [0.25, 0.3) is 0 Å². The Morgan fingerprint density at radius 3 is 1.29 bits per heavy atom. The summed E-state index contributed by atoms with van der Waals surface area (Å²) in [4.78, 5) is 23.9. The summed E-state index contributed by atoms with van der Waals surface area (Å²) in [7, 11) is 0. The van der Waals surface area contributed by atoms with Crippen LogP contribution in [-0.4, -0.2) is 22.2 Å². The highest BCUT2D eigenvalue weighted by molar-refractivity contribution is 5.82. The molecule has 4 unspecified atom stereocenters. The summed E-state index contributed by atoms with van der Waals surface area (Å²) in [5, 5.41) is 19.6. The number of aliphatic carboxylic acids is 2. The van der Waals surface area contributed by atoms with Crippen molar-refractivity contribution in [3.05, 3.63) is 71.8 Å². The molecule has 4 heteroatoms. The van der Waals surface area contributed by atoms with Crippen LogP contribution in [0.5, 0.6) is 0 Å². The first-order valence-electron chi connectivity index (χ1n) is 8.15. The number of rotatable bonds is 4. The van der Waals surface area contributed by atoms with Crippen LogP contribution in [0.1, 0.15) is 35.8 Å². The van der Waals surface area contributed by atoms with Crippen LogP contribution in [0, 0.1) is 11.8 Å².